The number of nitrogens with zero attached hydrogens (tertiary/aromatic N) is 1. The van der Waals surface area contributed by atoms with Gasteiger partial charge in [0.2, 0.25) is 0 Å². The fourth-order valence-corrected chi connectivity index (χ4v) is 1.48. The smallest absolute Gasteiger partial charge is 0.133 e. The van der Waals surface area contributed by atoms with Crippen molar-refractivity contribution in [3.63, 3.8) is 0 Å². The van der Waals surface area contributed by atoms with Crippen molar-refractivity contribution in [1.82, 2.24) is 4.98 Å². The second-order valence-electron chi connectivity index (χ2n) is 3.31. The molecule has 1 aromatic heterocycles. The molecule has 0 saturated heterocycles. The van der Waals surface area contributed by atoms with Crippen LogP contribution in [0, 0.1) is 18.6 Å². The van der Waals surface area contributed by atoms with Crippen molar-refractivity contribution in [3.8, 4) is 11.1 Å². The molecule has 1 aromatic carbocycles. The number of pyridine rings is 1. The number of hydrogen-bond acceptors (Lipinski definition) is 1. The average molecular weight is 235 g/mol. The van der Waals surface area contributed by atoms with Gasteiger partial charge in [0.05, 0.1) is 0 Å². The largest absolute Gasteiger partial charge is 0.264 e. The molecule has 2 aromatic rings. The highest BCUT2D eigenvalue weighted by Gasteiger charge is 2.07. The van der Waals surface area contributed by atoms with Gasteiger partial charge in [0.15, 0.2) is 0 Å². The van der Waals surface area contributed by atoms with Crippen molar-refractivity contribution in [3.05, 3.63) is 53.9 Å². The number of aromatic nitrogens is 1. The molecule has 0 saturated carbocycles. The van der Waals surface area contributed by atoms with Gasteiger partial charge < -0.3 is 0 Å². The first kappa shape index (κ1) is 13.3. The Hall–Kier alpha value is -1.77. The normalized spacial score (nSPS) is 9.47. The highest BCUT2D eigenvalue weighted by molar-refractivity contribution is 5.66. The monoisotopic (exact) mass is 235 g/mol. The van der Waals surface area contributed by atoms with E-state index in [1.165, 1.54) is 12.1 Å². The number of halogens is 2. The molecule has 0 aliphatic heterocycles. The Morgan fingerprint density at radius 1 is 1.00 bits per heavy atom. The highest BCUT2D eigenvalue weighted by Crippen LogP contribution is 2.25. The lowest BCUT2D eigenvalue weighted by molar-refractivity contribution is 0.585. The fourth-order valence-electron chi connectivity index (χ4n) is 1.48. The molecule has 90 valence electrons. The van der Waals surface area contributed by atoms with Crippen LogP contribution in [0.5, 0.6) is 0 Å². The Labute approximate surface area is 100 Å². The average Bonchev–Trinajstić information content (AvgIpc) is 2.33. The van der Waals surface area contributed by atoms with E-state index in [-0.39, 0.29) is 0 Å². The van der Waals surface area contributed by atoms with Crippen LogP contribution in [0.15, 0.2) is 36.7 Å². The van der Waals surface area contributed by atoms with E-state index in [9.17, 15) is 8.78 Å². The molecule has 0 aliphatic carbocycles. The van der Waals surface area contributed by atoms with E-state index in [1.807, 2.05) is 20.8 Å². The summed E-state index contributed by atoms with van der Waals surface area (Å²) in [6.45, 7) is 5.84. The van der Waals surface area contributed by atoms with Crippen molar-refractivity contribution in [2.45, 2.75) is 20.8 Å². The molecule has 0 unspecified atom stereocenters. The molecule has 0 aliphatic rings. The predicted molar refractivity (Wildman–Crippen MR) is 65.7 cm³/mol. The molecule has 0 N–H and O–H groups in total. The predicted octanol–water partition coefficient (Wildman–Crippen LogP) is 4.36. The Kier molecular flexibility index (Phi) is 4.76. The summed E-state index contributed by atoms with van der Waals surface area (Å²) in [6.07, 6.45) is 3.24. The first-order valence-electron chi connectivity index (χ1n) is 5.54. The van der Waals surface area contributed by atoms with Gasteiger partial charge in [-0.2, -0.15) is 0 Å². The van der Waals surface area contributed by atoms with Gasteiger partial charge in [-0.05, 0) is 36.2 Å². The van der Waals surface area contributed by atoms with Crippen molar-refractivity contribution in [2.75, 3.05) is 0 Å². The van der Waals surface area contributed by atoms with Crippen LogP contribution in [0.3, 0.4) is 0 Å². The molecule has 0 radical (unpaired) electrons. The van der Waals surface area contributed by atoms with Gasteiger partial charge in [-0.3, -0.25) is 4.98 Å². The Bertz CT molecular complexity index is 495. The van der Waals surface area contributed by atoms with Crippen LogP contribution in [-0.4, -0.2) is 4.98 Å². The second kappa shape index (κ2) is 6.09. The van der Waals surface area contributed by atoms with Crippen molar-refractivity contribution in [1.29, 1.82) is 0 Å². The van der Waals surface area contributed by atoms with E-state index in [0.29, 0.717) is 5.56 Å². The Morgan fingerprint density at radius 2 is 1.71 bits per heavy atom. The van der Waals surface area contributed by atoms with Gasteiger partial charge in [0, 0.05) is 24.0 Å². The van der Waals surface area contributed by atoms with Crippen molar-refractivity contribution >= 4 is 0 Å². The molecule has 2 rings (SSSR count). The summed E-state index contributed by atoms with van der Waals surface area (Å²) in [6, 6.07) is 5.28. The van der Waals surface area contributed by atoms with E-state index in [0.717, 1.165) is 17.2 Å². The van der Waals surface area contributed by atoms with Crippen LogP contribution in [0.2, 0.25) is 0 Å². The molecule has 3 heteroatoms. The molecule has 17 heavy (non-hydrogen) atoms. The molecule has 0 spiro atoms. The van der Waals surface area contributed by atoms with E-state index in [1.54, 1.807) is 18.5 Å². The van der Waals surface area contributed by atoms with Gasteiger partial charge in [-0.15, -0.1) is 0 Å². The summed E-state index contributed by atoms with van der Waals surface area (Å²) in [5, 5.41) is 0. The lowest BCUT2D eigenvalue weighted by atomic mass is 10.0. The summed E-state index contributed by atoms with van der Waals surface area (Å²) in [5.41, 5.74) is 2.00. The number of aryl methyl sites for hydroxylation is 1. The minimum Gasteiger partial charge on any atom is -0.264 e. The topological polar surface area (TPSA) is 12.9 Å². The van der Waals surface area contributed by atoms with Crippen LogP contribution in [0.4, 0.5) is 8.78 Å². The number of benzene rings is 1. The summed E-state index contributed by atoms with van der Waals surface area (Å²) in [4.78, 5) is 3.92. The van der Waals surface area contributed by atoms with Gasteiger partial charge in [0.1, 0.15) is 11.6 Å². The minimum atomic E-state index is -0.567. The molecule has 1 nitrogen and oxygen atoms in total. The standard InChI is InChI=1S/C12H9F2N.C2H6/c1-8-7-15-5-4-10(8)11-3-2-9(13)6-12(11)14;1-2/h2-7H,1H3;1-2H3. The van der Waals surface area contributed by atoms with E-state index in [2.05, 4.69) is 4.98 Å². The first-order valence-corrected chi connectivity index (χ1v) is 5.54. The maximum Gasteiger partial charge on any atom is 0.133 e. The lowest BCUT2D eigenvalue weighted by Crippen LogP contribution is -1.89. The van der Waals surface area contributed by atoms with Crippen LogP contribution >= 0.6 is 0 Å². The van der Waals surface area contributed by atoms with E-state index in [4.69, 9.17) is 0 Å². The van der Waals surface area contributed by atoms with Gasteiger partial charge in [-0.1, -0.05) is 13.8 Å². The van der Waals surface area contributed by atoms with Crippen LogP contribution in [-0.2, 0) is 0 Å². The SMILES string of the molecule is CC.Cc1cnccc1-c1ccc(F)cc1F. The fraction of sp³-hybridized carbons (Fsp3) is 0.214. The molecule has 0 atom stereocenters. The third-order valence-corrected chi connectivity index (χ3v) is 2.24. The molecule has 1 heterocycles. The third-order valence-electron chi connectivity index (χ3n) is 2.24. The summed E-state index contributed by atoms with van der Waals surface area (Å²) in [5.74, 6) is -1.12. The van der Waals surface area contributed by atoms with Crippen molar-refractivity contribution in [2.24, 2.45) is 0 Å². The van der Waals surface area contributed by atoms with Crippen LogP contribution < -0.4 is 0 Å². The van der Waals surface area contributed by atoms with Crippen LogP contribution in [0.25, 0.3) is 11.1 Å². The van der Waals surface area contributed by atoms with E-state index >= 15 is 0 Å². The zero-order chi connectivity index (χ0) is 12.8. The van der Waals surface area contributed by atoms with E-state index < -0.39 is 11.6 Å². The lowest BCUT2D eigenvalue weighted by Gasteiger charge is -2.06. The number of hydrogen-bond donors (Lipinski definition) is 0. The minimum absolute atomic E-state index is 0.399. The zero-order valence-corrected chi connectivity index (χ0v) is 10.2. The maximum atomic E-state index is 13.5. The zero-order valence-electron chi connectivity index (χ0n) is 10.2. The summed E-state index contributed by atoms with van der Waals surface area (Å²) in [7, 11) is 0. The Balaban J connectivity index is 0.000000686. The van der Waals surface area contributed by atoms with Gasteiger partial charge in [0.25, 0.3) is 0 Å². The maximum absolute atomic E-state index is 13.5. The third kappa shape index (κ3) is 3.09. The second-order valence-corrected chi connectivity index (χ2v) is 3.31. The first-order chi connectivity index (χ1) is 8.18. The van der Waals surface area contributed by atoms with Crippen LogP contribution in [0.1, 0.15) is 19.4 Å². The van der Waals surface area contributed by atoms with Gasteiger partial charge in [-0.25, -0.2) is 8.78 Å². The summed E-state index contributed by atoms with van der Waals surface area (Å²) < 4.78 is 26.2. The Morgan fingerprint density at radius 3 is 2.29 bits per heavy atom. The molecular weight excluding hydrogens is 220 g/mol. The molecular formula is C14H15F2N. The molecule has 0 bridgehead atoms. The molecule has 0 amide bonds. The summed E-state index contributed by atoms with van der Waals surface area (Å²) >= 11 is 0. The molecule has 0 fully saturated rings. The van der Waals surface area contributed by atoms with Gasteiger partial charge >= 0.3 is 0 Å². The van der Waals surface area contributed by atoms with Crippen molar-refractivity contribution < 1.29 is 8.78 Å². The quantitative estimate of drug-likeness (QED) is 0.715. The number of rotatable bonds is 1. The highest BCUT2D eigenvalue weighted by atomic mass is 19.1.